The Kier molecular flexibility index (Phi) is 9.21. The van der Waals surface area contributed by atoms with Gasteiger partial charge in [-0.1, -0.05) is 32.8 Å². The third kappa shape index (κ3) is 6.32. The summed E-state index contributed by atoms with van der Waals surface area (Å²) in [6.07, 6.45) is 6.92. The van der Waals surface area contributed by atoms with E-state index in [1.54, 1.807) is 0 Å². The van der Waals surface area contributed by atoms with Gasteiger partial charge in [-0.3, -0.25) is 9.89 Å². The van der Waals surface area contributed by atoms with Crippen molar-refractivity contribution < 1.29 is 4.74 Å². The van der Waals surface area contributed by atoms with E-state index in [9.17, 15) is 0 Å². The van der Waals surface area contributed by atoms with E-state index in [-0.39, 0.29) is 0 Å². The molecule has 0 spiro atoms. The minimum Gasteiger partial charge on any atom is -0.379 e. The van der Waals surface area contributed by atoms with Crippen LogP contribution in [-0.4, -0.2) is 74.9 Å². The first kappa shape index (κ1) is 22.8. The molecule has 168 valence electrons. The summed E-state index contributed by atoms with van der Waals surface area (Å²) in [7, 11) is 1.84. The van der Waals surface area contributed by atoms with E-state index in [0.29, 0.717) is 12.0 Å². The molecule has 0 aliphatic carbocycles. The van der Waals surface area contributed by atoms with Crippen molar-refractivity contribution >= 4 is 11.8 Å². The molecule has 2 aliphatic rings. The van der Waals surface area contributed by atoms with Crippen molar-refractivity contribution in [2.75, 3.05) is 57.9 Å². The van der Waals surface area contributed by atoms with Crippen molar-refractivity contribution in [2.45, 2.75) is 52.1 Å². The fourth-order valence-corrected chi connectivity index (χ4v) is 4.60. The number of guanidine groups is 1. The molecule has 30 heavy (non-hydrogen) atoms. The predicted molar refractivity (Wildman–Crippen MR) is 124 cm³/mol. The smallest absolute Gasteiger partial charge is 0.191 e. The zero-order valence-corrected chi connectivity index (χ0v) is 19.1. The van der Waals surface area contributed by atoms with E-state index in [2.05, 4.69) is 56.4 Å². The van der Waals surface area contributed by atoms with Gasteiger partial charge in [-0.15, -0.1) is 0 Å². The van der Waals surface area contributed by atoms with Crippen LogP contribution in [0.15, 0.2) is 23.3 Å². The van der Waals surface area contributed by atoms with Gasteiger partial charge in [-0.25, -0.2) is 4.98 Å². The van der Waals surface area contributed by atoms with Gasteiger partial charge in [0.25, 0.3) is 0 Å². The molecule has 2 aliphatic heterocycles. The monoisotopic (exact) mass is 416 g/mol. The van der Waals surface area contributed by atoms with Gasteiger partial charge in [0.05, 0.1) is 13.2 Å². The number of nitrogens with one attached hydrogen (secondary N) is 2. The molecule has 2 N–H and O–H groups in total. The lowest BCUT2D eigenvalue weighted by Gasteiger charge is -2.39. The van der Waals surface area contributed by atoms with Crippen molar-refractivity contribution in [3.8, 4) is 0 Å². The molecule has 7 nitrogen and oxygen atoms in total. The molecule has 0 saturated carbocycles. The fourth-order valence-electron chi connectivity index (χ4n) is 4.60. The van der Waals surface area contributed by atoms with Crippen LogP contribution in [0.1, 0.15) is 45.1 Å². The lowest BCUT2D eigenvalue weighted by Crippen LogP contribution is -2.53. The van der Waals surface area contributed by atoms with Crippen LogP contribution in [0.5, 0.6) is 0 Å². The largest absolute Gasteiger partial charge is 0.379 e. The third-order valence-corrected chi connectivity index (χ3v) is 6.51. The number of rotatable bonds is 9. The molecule has 1 atom stereocenters. The van der Waals surface area contributed by atoms with E-state index in [0.717, 1.165) is 64.3 Å². The van der Waals surface area contributed by atoms with Crippen LogP contribution >= 0.6 is 0 Å². The molecular formula is C23H40N6O. The number of aromatic nitrogens is 1. The predicted octanol–water partition coefficient (Wildman–Crippen LogP) is 2.48. The molecule has 1 unspecified atom stereocenters. The number of hydrogen-bond acceptors (Lipinski definition) is 5. The third-order valence-electron chi connectivity index (χ3n) is 6.51. The standard InChI is InChI=1S/C23H40N6O/c1-4-20(5-2)21(28-12-14-30-15-13-28)18-27-23(24-3)26-17-19-8-9-22(25-16-19)29-10-6-7-11-29/h8-9,16,20-21H,4-7,10-15,17-18H2,1-3H3,(H2,24,26,27). The maximum absolute atomic E-state index is 5.56. The Bertz CT molecular complexity index is 634. The van der Waals surface area contributed by atoms with Gasteiger partial charge < -0.3 is 20.3 Å². The van der Waals surface area contributed by atoms with Gasteiger partial charge in [-0.05, 0) is 30.4 Å². The fraction of sp³-hybridized carbons (Fsp3) is 0.739. The highest BCUT2D eigenvalue weighted by Crippen LogP contribution is 2.20. The molecule has 2 fully saturated rings. The highest BCUT2D eigenvalue weighted by molar-refractivity contribution is 5.79. The first-order valence-electron chi connectivity index (χ1n) is 11.7. The SMILES string of the molecule is CCC(CC)C(CNC(=NC)NCc1ccc(N2CCCC2)nc1)N1CCOCC1. The van der Waals surface area contributed by atoms with Crippen LogP contribution in [-0.2, 0) is 11.3 Å². The second-order valence-electron chi connectivity index (χ2n) is 8.32. The normalized spacial score (nSPS) is 19.3. The van der Waals surface area contributed by atoms with Crippen LogP contribution in [0.25, 0.3) is 0 Å². The molecular weight excluding hydrogens is 376 g/mol. The van der Waals surface area contributed by atoms with Crippen LogP contribution in [0.2, 0.25) is 0 Å². The molecule has 2 saturated heterocycles. The number of pyridine rings is 1. The Balaban J connectivity index is 1.51. The first-order valence-corrected chi connectivity index (χ1v) is 11.7. The molecule has 1 aromatic rings. The molecule has 1 aromatic heterocycles. The van der Waals surface area contributed by atoms with E-state index in [1.165, 1.54) is 31.2 Å². The molecule has 7 heteroatoms. The van der Waals surface area contributed by atoms with Gasteiger partial charge in [0.15, 0.2) is 5.96 Å². The first-order chi connectivity index (χ1) is 14.7. The molecule has 0 radical (unpaired) electrons. The molecule has 3 rings (SSSR count). The van der Waals surface area contributed by atoms with Crippen molar-refractivity contribution in [2.24, 2.45) is 10.9 Å². The zero-order chi connectivity index (χ0) is 21.2. The van der Waals surface area contributed by atoms with Crippen LogP contribution in [0.4, 0.5) is 5.82 Å². The van der Waals surface area contributed by atoms with Crippen LogP contribution < -0.4 is 15.5 Å². The molecule has 0 bridgehead atoms. The minimum atomic E-state index is 0.504. The Morgan fingerprint density at radius 3 is 2.43 bits per heavy atom. The number of nitrogens with zero attached hydrogens (tertiary/aromatic N) is 4. The Labute approximate surface area is 182 Å². The summed E-state index contributed by atoms with van der Waals surface area (Å²) in [5, 5.41) is 7.02. The van der Waals surface area contributed by atoms with Crippen molar-refractivity contribution in [3.63, 3.8) is 0 Å². The van der Waals surface area contributed by atoms with Crippen molar-refractivity contribution in [1.29, 1.82) is 0 Å². The highest BCUT2D eigenvalue weighted by Gasteiger charge is 2.27. The summed E-state index contributed by atoms with van der Waals surface area (Å²) in [6, 6.07) is 4.81. The molecule has 3 heterocycles. The number of anilines is 1. The second-order valence-corrected chi connectivity index (χ2v) is 8.32. The average molecular weight is 417 g/mol. The second kappa shape index (κ2) is 12.1. The minimum absolute atomic E-state index is 0.504. The lowest BCUT2D eigenvalue weighted by molar-refractivity contribution is 0.00272. The quantitative estimate of drug-likeness (QED) is 0.476. The topological polar surface area (TPSA) is 65.0 Å². The summed E-state index contributed by atoms with van der Waals surface area (Å²) in [6.45, 7) is 12.2. The summed E-state index contributed by atoms with van der Waals surface area (Å²) < 4.78 is 5.56. The molecule has 0 amide bonds. The number of aliphatic imine (C=N–C) groups is 1. The molecule has 0 aromatic carbocycles. The van der Waals surface area contributed by atoms with E-state index < -0.39 is 0 Å². The van der Waals surface area contributed by atoms with Crippen LogP contribution in [0.3, 0.4) is 0 Å². The number of hydrogen-bond donors (Lipinski definition) is 2. The maximum atomic E-state index is 5.56. The van der Waals surface area contributed by atoms with E-state index in [4.69, 9.17) is 4.74 Å². The van der Waals surface area contributed by atoms with E-state index in [1.807, 2.05) is 13.2 Å². The average Bonchev–Trinajstić information content (AvgIpc) is 3.34. The van der Waals surface area contributed by atoms with Gasteiger partial charge in [-0.2, -0.15) is 0 Å². The summed E-state index contributed by atoms with van der Waals surface area (Å²) >= 11 is 0. The maximum Gasteiger partial charge on any atom is 0.191 e. The highest BCUT2D eigenvalue weighted by atomic mass is 16.5. The Morgan fingerprint density at radius 1 is 1.10 bits per heavy atom. The summed E-state index contributed by atoms with van der Waals surface area (Å²) in [4.78, 5) is 14.0. The Morgan fingerprint density at radius 2 is 1.83 bits per heavy atom. The Hall–Kier alpha value is -1.86. The summed E-state index contributed by atoms with van der Waals surface area (Å²) in [5.41, 5.74) is 1.17. The van der Waals surface area contributed by atoms with Gasteiger partial charge in [0.2, 0.25) is 0 Å². The van der Waals surface area contributed by atoms with Crippen LogP contribution in [0, 0.1) is 5.92 Å². The van der Waals surface area contributed by atoms with E-state index >= 15 is 0 Å². The van der Waals surface area contributed by atoms with Gasteiger partial charge in [0, 0.05) is 58.6 Å². The number of ether oxygens (including phenoxy) is 1. The van der Waals surface area contributed by atoms with Crippen molar-refractivity contribution in [1.82, 2.24) is 20.5 Å². The lowest BCUT2D eigenvalue weighted by atomic mass is 9.92. The van der Waals surface area contributed by atoms with Crippen molar-refractivity contribution in [3.05, 3.63) is 23.9 Å². The summed E-state index contributed by atoms with van der Waals surface area (Å²) in [5.74, 6) is 2.62. The van der Waals surface area contributed by atoms with Gasteiger partial charge >= 0.3 is 0 Å². The zero-order valence-electron chi connectivity index (χ0n) is 19.1. The van der Waals surface area contributed by atoms with Gasteiger partial charge in [0.1, 0.15) is 5.82 Å². The number of morpholine rings is 1.